The molecule has 6 nitrogen and oxygen atoms in total. The van der Waals surface area contributed by atoms with Crippen molar-refractivity contribution in [3.8, 4) is 11.3 Å². The molecule has 2 aromatic carbocycles. The number of benzene rings is 2. The molecule has 2 amide bonds. The van der Waals surface area contributed by atoms with Crippen molar-refractivity contribution in [3.05, 3.63) is 71.2 Å². The van der Waals surface area contributed by atoms with Gasteiger partial charge in [0.1, 0.15) is 0 Å². The maximum Gasteiger partial charge on any atom is 0.252 e. The molecule has 3 rings (SSSR count). The van der Waals surface area contributed by atoms with Crippen LogP contribution in [0.4, 0.5) is 5.69 Å². The first-order chi connectivity index (χ1) is 14.6. The standard InChI is InChI=1S/C23H24ClN3O3/c1-2-13-25-23(29)18-12-11-17(14-19(18)24)27-21(28)9-6-10-22-26-15-20(30-22)16-7-4-3-5-8-16/h3-5,7-8,11-12,14-15H,2,6,9-10,13H2,1H3,(H,25,29)(H,27,28). The number of nitrogens with zero attached hydrogens (tertiary/aromatic N) is 1. The Balaban J connectivity index is 1.47. The number of amides is 2. The van der Waals surface area contributed by atoms with Gasteiger partial charge in [0.2, 0.25) is 5.91 Å². The molecule has 0 bridgehead atoms. The Labute approximate surface area is 180 Å². The van der Waals surface area contributed by atoms with Crippen LogP contribution < -0.4 is 10.6 Å². The lowest BCUT2D eigenvalue weighted by Crippen LogP contribution is -2.24. The van der Waals surface area contributed by atoms with Gasteiger partial charge >= 0.3 is 0 Å². The SMILES string of the molecule is CCCNC(=O)c1ccc(NC(=O)CCCc2ncc(-c3ccccc3)o2)cc1Cl. The summed E-state index contributed by atoms with van der Waals surface area (Å²) in [7, 11) is 0. The molecule has 0 aliphatic heterocycles. The number of hydrogen-bond acceptors (Lipinski definition) is 4. The Hall–Kier alpha value is -3.12. The molecule has 156 valence electrons. The summed E-state index contributed by atoms with van der Waals surface area (Å²) in [5.41, 5.74) is 1.92. The molecule has 0 aliphatic rings. The Morgan fingerprint density at radius 1 is 1.13 bits per heavy atom. The second-order valence-electron chi connectivity index (χ2n) is 6.84. The van der Waals surface area contributed by atoms with Crippen LogP contribution in [0.2, 0.25) is 5.02 Å². The lowest BCUT2D eigenvalue weighted by atomic mass is 10.1. The van der Waals surface area contributed by atoms with Gasteiger partial charge in [0.25, 0.3) is 5.91 Å². The number of carbonyl (C=O) groups excluding carboxylic acids is 2. The van der Waals surface area contributed by atoms with Gasteiger partial charge in [0.05, 0.1) is 16.8 Å². The van der Waals surface area contributed by atoms with E-state index in [1.165, 1.54) is 0 Å². The molecule has 0 saturated heterocycles. The monoisotopic (exact) mass is 425 g/mol. The summed E-state index contributed by atoms with van der Waals surface area (Å²) in [5.74, 6) is 0.963. The third-order valence-electron chi connectivity index (χ3n) is 4.44. The van der Waals surface area contributed by atoms with Gasteiger partial charge in [0.15, 0.2) is 11.7 Å². The van der Waals surface area contributed by atoms with Gasteiger partial charge in [-0.05, 0) is 31.0 Å². The lowest BCUT2D eigenvalue weighted by Gasteiger charge is -2.09. The number of hydrogen-bond donors (Lipinski definition) is 2. The van der Waals surface area contributed by atoms with E-state index >= 15 is 0 Å². The topological polar surface area (TPSA) is 84.2 Å². The van der Waals surface area contributed by atoms with Crippen LogP contribution in [0, 0.1) is 0 Å². The van der Waals surface area contributed by atoms with Crippen molar-refractivity contribution in [1.29, 1.82) is 0 Å². The van der Waals surface area contributed by atoms with Crippen molar-refractivity contribution < 1.29 is 14.0 Å². The van der Waals surface area contributed by atoms with Crippen LogP contribution >= 0.6 is 11.6 Å². The normalized spacial score (nSPS) is 10.6. The molecule has 2 N–H and O–H groups in total. The summed E-state index contributed by atoms with van der Waals surface area (Å²) >= 11 is 6.19. The summed E-state index contributed by atoms with van der Waals surface area (Å²) in [6, 6.07) is 14.6. The van der Waals surface area contributed by atoms with E-state index < -0.39 is 0 Å². The van der Waals surface area contributed by atoms with Crippen LogP contribution in [-0.2, 0) is 11.2 Å². The molecule has 0 spiro atoms. The summed E-state index contributed by atoms with van der Waals surface area (Å²) in [6.45, 7) is 2.57. The highest BCUT2D eigenvalue weighted by atomic mass is 35.5. The minimum atomic E-state index is -0.222. The predicted molar refractivity (Wildman–Crippen MR) is 118 cm³/mol. The minimum absolute atomic E-state index is 0.135. The number of rotatable bonds is 9. The average molecular weight is 426 g/mol. The second-order valence-corrected chi connectivity index (χ2v) is 7.24. The van der Waals surface area contributed by atoms with Crippen LogP contribution in [0.5, 0.6) is 0 Å². The molecule has 7 heteroatoms. The lowest BCUT2D eigenvalue weighted by molar-refractivity contribution is -0.116. The van der Waals surface area contributed by atoms with Crippen molar-refractivity contribution >= 4 is 29.1 Å². The zero-order valence-corrected chi connectivity index (χ0v) is 17.5. The molecule has 0 atom stereocenters. The van der Waals surface area contributed by atoms with Gasteiger partial charge in [-0.15, -0.1) is 0 Å². The highest BCUT2D eigenvalue weighted by molar-refractivity contribution is 6.34. The largest absolute Gasteiger partial charge is 0.441 e. The van der Waals surface area contributed by atoms with Crippen LogP contribution in [0.1, 0.15) is 42.4 Å². The van der Waals surface area contributed by atoms with Crippen molar-refractivity contribution in [2.45, 2.75) is 32.6 Å². The van der Waals surface area contributed by atoms with Gasteiger partial charge in [-0.25, -0.2) is 4.98 Å². The Morgan fingerprint density at radius 2 is 1.93 bits per heavy atom. The molecular weight excluding hydrogens is 402 g/mol. The molecule has 0 aliphatic carbocycles. The maximum absolute atomic E-state index is 12.2. The first-order valence-corrected chi connectivity index (χ1v) is 10.3. The molecule has 1 aromatic heterocycles. The van der Waals surface area contributed by atoms with Gasteiger partial charge in [-0.1, -0.05) is 48.9 Å². The molecule has 1 heterocycles. The summed E-state index contributed by atoms with van der Waals surface area (Å²) in [6.07, 6.45) is 4.03. The van der Waals surface area contributed by atoms with Crippen LogP contribution in [0.15, 0.2) is 59.1 Å². The maximum atomic E-state index is 12.2. The van der Waals surface area contributed by atoms with Crippen LogP contribution in [0.3, 0.4) is 0 Å². The number of aryl methyl sites for hydroxylation is 1. The number of aromatic nitrogens is 1. The zero-order valence-electron chi connectivity index (χ0n) is 16.8. The highest BCUT2D eigenvalue weighted by Gasteiger charge is 2.12. The van der Waals surface area contributed by atoms with E-state index in [0.29, 0.717) is 53.7 Å². The third-order valence-corrected chi connectivity index (χ3v) is 4.75. The van der Waals surface area contributed by atoms with Crippen molar-refractivity contribution in [2.75, 3.05) is 11.9 Å². The molecule has 0 saturated carbocycles. The molecule has 0 unspecified atom stereocenters. The van der Waals surface area contributed by atoms with E-state index in [4.69, 9.17) is 16.0 Å². The van der Waals surface area contributed by atoms with Crippen LogP contribution in [0.25, 0.3) is 11.3 Å². The number of halogens is 1. The molecule has 0 fully saturated rings. The number of carbonyl (C=O) groups is 2. The van der Waals surface area contributed by atoms with E-state index in [9.17, 15) is 9.59 Å². The summed E-state index contributed by atoms with van der Waals surface area (Å²) < 4.78 is 5.75. The number of nitrogens with one attached hydrogen (secondary N) is 2. The molecule has 0 radical (unpaired) electrons. The quantitative estimate of drug-likeness (QED) is 0.499. The van der Waals surface area contributed by atoms with E-state index in [0.717, 1.165) is 12.0 Å². The second kappa shape index (κ2) is 10.6. The van der Waals surface area contributed by atoms with Crippen molar-refractivity contribution in [2.24, 2.45) is 0 Å². The first kappa shape index (κ1) is 21.6. The fourth-order valence-electron chi connectivity index (χ4n) is 2.90. The fraction of sp³-hybridized carbons (Fsp3) is 0.261. The highest BCUT2D eigenvalue weighted by Crippen LogP contribution is 2.22. The first-order valence-electron chi connectivity index (χ1n) is 9.94. The Morgan fingerprint density at radius 3 is 2.67 bits per heavy atom. The minimum Gasteiger partial charge on any atom is -0.441 e. The smallest absolute Gasteiger partial charge is 0.252 e. The Bertz CT molecular complexity index is 1000. The molecule has 30 heavy (non-hydrogen) atoms. The molecule has 3 aromatic rings. The van der Waals surface area contributed by atoms with E-state index in [1.807, 2.05) is 37.3 Å². The zero-order chi connectivity index (χ0) is 21.3. The summed E-state index contributed by atoms with van der Waals surface area (Å²) in [4.78, 5) is 28.5. The van der Waals surface area contributed by atoms with Gasteiger partial charge in [-0.3, -0.25) is 9.59 Å². The van der Waals surface area contributed by atoms with Gasteiger partial charge < -0.3 is 15.1 Å². The van der Waals surface area contributed by atoms with Gasteiger partial charge in [0, 0.05) is 30.6 Å². The van der Waals surface area contributed by atoms with Crippen LogP contribution in [-0.4, -0.2) is 23.3 Å². The van der Waals surface area contributed by atoms with Gasteiger partial charge in [-0.2, -0.15) is 0 Å². The van der Waals surface area contributed by atoms with E-state index in [2.05, 4.69) is 15.6 Å². The number of anilines is 1. The third kappa shape index (κ3) is 5.94. The van der Waals surface area contributed by atoms with Crippen molar-refractivity contribution in [1.82, 2.24) is 10.3 Å². The van der Waals surface area contributed by atoms with E-state index in [1.54, 1.807) is 24.4 Å². The fourth-order valence-corrected chi connectivity index (χ4v) is 3.16. The molecular formula is C23H24ClN3O3. The van der Waals surface area contributed by atoms with E-state index in [-0.39, 0.29) is 11.8 Å². The average Bonchev–Trinajstić information content (AvgIpc) is 3.21. The number of oxazole rings is 1. The predicted octanol–water partition coefficient (Wildman–Crippen LogP) is 5.10. The summed E-state index contributed by atoms with van der Waals surface area (Å²) in [5, 5.41) is 5.88. The van der Waals surface area contributed by atoms with Crippen molar-refractivity contribution in [3.63, 3.8) is 0 Å². The Kier molecular flexibility index (Phi) is 7.63.